The Bertz CT molecular complexity index is 557. The summed E-state index contributed by atoms with van der Waals surface area (Å²) in [5, 5.41) is 2.84. The summed E-state index contributed by atoms with van der Waals surface area (Å²) < 4.78 is 22.8. The maximum absolute atomic E-state index is 11.8. The molecule has 0 aromatic heterocycles. The number of carbonyl (C=O) groups excluding carboxylic acids is 1. The van der Waals surface area contributed by atoms with Gasteiger partial charge in [0.05, 0.1) is 18.1 Å². The smallest absolute Gasteiger partial charge is 0.234 e. The molecule has 0 aliphatic carbocycles. The number of likely N-dealkylation sites (N-methyl/N-ethyl adjacent to an activating group) is 1. The second kappa shape index (κ2) is 6.37. The van der Waals surface area contributed by atoms with Gasteiger partial charge in [0.2, 0.25) is 5.91 Å². The first-order valence-electron chi connectivity index (χ1n) is 6.67. The van der Waals surface area contributed by atoms with Crippen molar-refractivity contribution in [1.82, 2.24) is 10.2 Å². The van der Waals surface area contributed by atoms with Crippen molar-refractivity contribution in [1.29, 1.82) is 0 Å². The van der Waals surface area contributed by atoms with E-state index in [0.29, 0.717) is 13.0 Å². The van der Waals surface area contributed by atoms with Gasteiger partial charge in [-0.3, -0.25) is 9.69 Å². The minimum Gasteiger partial charge on any atom is -0.351 e. The Labute approximate surface area is 119 Å². The van der Waals surface area contributed by atoms with Crippen molar-refractivity contribution in [2.75, 3.05) is 25.1 Å². The van der Waals surface area contributed by atoms with Crippen molar-refractivity contribution in [2.45, 2.75) is 19.0 Å². The fourth-order valence-electron chi connectivity index (χ4n) is 2.33. The van der Waals surface area contributed by atoms with E-state index in [9.17, 15) is 13.2 Å². The van der Waals surface area contributed by atoms with Crippen LogP contribution >= 0.6 is 0 Å². The number of nitrogens with one attached hydrogen (secondary N) is 1. The lowest BCUT2D eigenvalue weighted by molar-refractivity contribution is -0.122. The second-order valence-electron chi connectivity index (χ2n) is 5.23. The van der Waals surface area contributed by atoms with Gasteiger partial charge in [-0.15, -0.1) is 0 Å². The van der Waals surface area contributed by atoms with Crippen molar-refractivity contribution in [3.05, 3.63) is 35.9 Å². The normalized spacial score (nSPS) is 21.0. The molecule has 0 radical (unpaired) electrons. The third-order valence-electron chi connectivity index (χ3n) is 3.56. The molecule has 1 saturated heterocycles. The molecule has 1 heterocycles. The van der Waals surface area contributed by atoms with E-state index in [0.717, 1.165) is 5.56 Å². The van der Waals surface area contributed by atoms with Crippen molar-refractivity contribution >= 4 is 15.7 Å². The third kappa shape index (κ3) is 4.31. The molecule has 0 spiro atoms. The molecule has 5 nitrogen and oxygen atoms in total. The summed E-state index contributed by atoms with van der Waals surface area (Å²) in [6.45, 7) is 0.726. The lowest BCUT2D eigenvalue weighted by Crippen LogP contribution is -2.41. The van der Waals surface area contributed by atoms with Crippen LogP contribution in [-0.4, -0.2) is 50.4 Å². The lowest BCUT2D eigenvalue weighted by atomic mass is 10.2. The molecule has 0 saturated carbocycles. The highest BCUT2D eigenvalue weighted by Gasteiger charge is 2.31. The molecule has 1 aliphatic rings. The van der Waals surface area contributed by atoms with E-state index in [2.05, 4.69) is 5.32 Å². The van der Waals surface area contributed by atoms with E-state index < -0.39 is 9.84 Å². The first kappa shape index (κ1) is 15.0. The molecular formula is C14H20N2O3S. The number of nitrogens with zero attached hydrogens (tertiary/aromatic N) is 1. The minimum atomic E-state index is -2.90. The van der Waals surface area contributed by atoms with Gasteiger partial charge in [-0.1, -0.05) is 30.3 Å². The Morgan fingerprint density at radius 2 is 2.05 bits per heavy atom. The minimum absolute atomic E-state index is 0.0394. The van der Waals surface area contributed by atoms with E-state index in [1.54, 1.807) is 7.05 Å². The van der Waals surface area contributed by atoms with Crippen molar-refractivity contribution in [3.63, 3.8) is 0 Å². The highest BCUT2D eigenvalue weighted by atomic mass is 32.2. The summed E-state index contributed by atoms with van der Waals surface area (Å²) in [7, 11) is -1.11. The number of benzene rings is 1. The van der Waals surface area contributed by atoms with E-state index in [-0.39, 0.29) is 30.0 Å². The molecule has 1 aromatic rings. The van der Waals surface area contributed by atoms with E-state index in [1.807, 2.05) is 35.2 Å². The predicted molar refractivity (Wildman–Crippen MR) is 78.0 cm³/mol. The molecule has 1 N–H and O–H groups in total. The van der Waals surface area contributed by atoms with Crippen LogP contribution in [0.2, 0.25) is 0 Å². The van der Waals surface area contributed by atoms with Crippen LogP contribution in [0.4, 0.5) is 0 Å². The van der Waals surface area contributed by atoms with Gasteiger partial charge in [-0.05, 0) is 19.0 Å². The molecule has 1 amide bonds. The maximum Gasteiger partial charge on any atom is 0.234 e. The van der Waals surface area contributed by atoms with Crippen molar-refractivity contribution < 1.29 is 13.2 Å². The van der Waals surface area contributed by atoms with Gasteiger partial charge in [0.15, 0.2) is 9.84 Å². The number of carbonyl (C=O) groups is 1. The highest BCUT2D eigenvalue weighted by molar-refractivity contribution is 7.91. The first-order chi connectivity index (χ1) is 9.46. The lowest BCUT2D eigenvalue weighted by Gasteiger charge is -2.22. The predicted octanol–water partition coefficient (Wildman–Crippen LogP) is 0.422. The van der Waals surface area contributed by atoms with Crippen LogP contribution in [0, 0.1) is 0 Å². The number of rotatable bonds is 5. The summed E-state index contributed by atoms with van der Waals surface area (Å²) in [5.41, 5.74) is 1.05. The van der Waals surface area contributed by atoms with Crippen LogP contribution in [0.3, 0.4) is 0 Å². The average Bonchev–Trinajstić information content (AvgIpc) is 2.78. The Hall–Kier alpha value is -1.40. The van der Waals surface area contributed by atoms with Crippen LogP contribution in [0.25, 0.3) is 0 Å². The average molecular weight is 296 g/mol. The number of amides is 1. The molecule has 110 valence electrons. The van der Waals surface area contributed by atoms with E-state index >= 15 is 0 Å². The Kier molecular flexibility index (Phi) is 4.77. The zero-order valence-corrected chi connectivity index (χ0v) is 12.4. The fraction of sp³-hybridized carbons (Fsp3) is 0.500. The van der Waals surface area contributed by atoms with Crippen LogP contribution in [0.1, 0.15) is 12.0 Å². The van der Waals surface area contributed by atoms with Crippen LogP contribution in [0.15, 0.2) is 30.3 Å². The third-order valence-corrected chi connectivity index (χ3v) is 5.31. The summed E-state index contributed by atoms with van der Waals surface area (Å²) >= 11 is 0. The summed E-state index contributed by atoms with van der Waals surface area (Å²) in [4.78, 5) is 13.7. The van der Waals surface area contributed by atoms with Gasteiger partial charge < -0.3 is 5.32 Å². The molecule has 1 unspecified atom stereocenters. The topological polar surface area (TPSA) is 66.5 Å². The quantitative estimate of drug-likeness (QED) is 0.855. The van der Waals surface area contributed by atoms with Gasteiger partial charge in [0.25, 0.3) is 0 Å². The zero-order chi connectivity index (χ0) is 14.6. The molecule has 6 heteroatoms. The van der Waals surface area contributed by atoms with Gasteiger partial charge >= 0.3 is 0 Å². The van der Waals surface area contributed by atoms with E-state index in [4.69, 9.17) is 0 Å². The molecular weight excluding hydrogens is 276 g/mol. The Morgan fingerprint density at radius 1 is 1.35 bits per heavy atom. The summed E-state index contributed by atoms with van der Waals surface area (Å²) in [5.74, 6) is 0.309. The monoisotopic (exact) mass is 296 g/mol. The molecule has 1 atom stereocenters. The molecule has 1 aliphatic heterocycles. The van der Waals surface area contributed by atoms with Crippen molar-refractivity contribution in [3.8, 4) is 0 Å². The Morgan fingerprint density at radius 3 is 2.65 bits per heavy atom. The Balaban J connectivity index is 1.77. The van der Waals surface area contributed by atoms with Gasteiger partial charge in [-0.25, -0.2) is 8.42 Å². The molecule has 1 fully saturated rings. The standard InChI is InChI=1S/C14H20N2O3S/c1-16(13-7-8-20(18,19)11-13)10-14(17)15-9-12-5-3-2-4-6-12/h2-6,13H,7-11H2,1H3,(H,15,17). The van der Waals surface area contributed by atoms with Crippen LogP contribution in [0.5, 0.6) is 0 Å². The maximum atomic E-state index is 11.8. The van der Waals surface area contributed by atoms with Gasteiger partial charge in [0.1, 0.15) is 0 Å². The van der Waals surface area contributed by atoms with Gasteiger partial charge in [-0.2, -0.15) is 0 Å². The highest BCUT2D eigenvalue weighted by Crippen LogP contribution is 2.15. The summed E-state index contributed by atoms with van der Waals surface area (Å²) in [6, 6.07) is 9.65. The SMILES string of the molecule is CN(CC(=O)NCc1ccccc1)C1CCS(=O)(=O)C1. The molecule has 20 heavy (non-hydrogen) atoms. The number of sulfone groups is 1. The van der Waals surface area contributed by atoms with E-state index in [1.165, 1.54) is 0 Å². The number of hydrogen-bond acceptors (Lipinski definition) is 4. The fourth-order valence-corrected chi connectivity index (χ4v) is 4.14. The zero-order valence-electron chi connectivity index (χ0n) is 11.6. The van der Waals surface area contributed by atoms with Crippen LogP contribution in [-0.2, 0) is 21.2 Å². The van der Waals surface area contributed by atoms with Crippen molar-refractivity contribution in [2.24, 2.45) is 0 Å². The van der Waals surface area contributed by atoms with Crippen LogP contribution < -0.4 is 5.32 Å². The summed E-state index contributed by atoms with van der Waals surface area (Å²) in [6.07, 6.45) is 0.616. The molecule has 1 aromatic carbocycles. The second-order valence-corrected chi connectivity index (χ2v) is 7.46. The largest absolute Gasteiger partial charge is 0.351 e. The van der Waals surface area contributed by atoms with Gasteiger partial charge in [0, 0.05) is 12.6 Å². The molecule has 0 bridgehead atoms. The molecule has 2 rings (SSSR count). The first-order valence-corrected chi connectivity index (χ1v) is 8.50. The number of hydrogen-bond donors (Lipinski definition) is 1.